The Kier molecular flexibility index (Phi) is 4.98. The van der Waals surface area contributed by atoms with Crippen LogP contribution < -0.4 is 4.72 Å². The lowest BCUT2D eigenvalue weighted by molar-refractivity contribution is 0.0703. The SMILES string of the molecule is O=C(O)c1sc(-c2ccccc2)cc1NS(=O)(=O)c1ccc(-c2csnn2)s1. The van der Waals surface area contributed by atoms with Crippen LogP contribution in [0.4, 0.5) is 5.69 Å². The number of nitrogens with one attached hydrogen (secondary N) is 1. The Bertz CT molecular complexity index is 1230. The van der Waals surface area contributed by atoms with E-state index >= 15 is 0 Å². The lowest BCUT2D eigenvalue weighted by Crippen LogP contribution is -2.13. The number of anilines is 1. The van der Waals surface area contributed by atoms with Gasteiger partial charge in [0.15, 0.2) is 0 Å². The molecule has 0 aliphatic carbocycles. The molecule has 0 spiro atoms. The average Bonchev–Trinajstić information content (AvgIpc) is 3.42. The quantitative estimate of drug-likeness (QED) is 0.449. The highest BCUT2D eigenvalue weighted by atomic mass is 32.2. The van der Waals surface area contributed by atoms with E-state index in [1.165, 1.54) is 17.6 Å². The highest BCUT2D eigenvalue weighted by molar-refractivity contribution is 7.94. The third-order valence-corrected chi connectivity index (χ3v) is 8.33. The summed E-state index contributed by atoms with van der Waals surface area (Å²) in [6.45, 7) is 0. The Hall–Kier alpha value is -2.60. The Labute approximate surface area is 172 Å². The number of thiophene rings is 2. The third kappa shape index (κ3) is 3.69. The van der Waals surface area contributed by atoms with E-state index in [9.17, 15) is 18.3 Å². The van der Waals surface area contributed by atoms with Gasteiger partial charge >= 0.3 is 5.97 Å². The van der Waals surface area contributed by atoms with Crippen molar-refractivity contribution in [2.24, 2.45) is 0 Å². The van der Waals surface area contributed by atoms with Crippen molar-refractivity contribution in [3.8, 4) is 21.0 Å². The van der Waals surface area contributed by atoms with Crippen LogP contribution in [0.5, 0.6) is 0 Å². The molecule has 3 aromatic heterocycles. The lowest BCUT2D eigenvalue weighted by atomic mass is 10.2. The van der Waals surface area contributed by atoms with Gasteiger partial charge in [-0.25, -0.2) is 13.2 Å². The zero-order valence-corrected chi connectivity index (χ0v) is 17.2. The van der Waals surface area contributed by atoms with Gasteiger partial charge in [-0.15, -0.1) is 27.8 Å². The van der Waals surface area contributed by atoms with Crippen molar-refractivity contribution in [3.05, 3.63) is 58.8 Å². The monoisotopic (exact) mass is 449 g/mol. The summed E-state index contributed by atoms with van der Waals surface area (Å²) in [6.07, 6.45) is 0. The molecule has 7 nitrogen and oxygen atoms in total. The van der Waals surface area contributed by atoms with E-state index in [1.54, 1.807) is 17.5 Å². The summed E-state index contributed by atoms with van der Waals surface area (Å²) in [5.74, 6) is -1.19. The number of carboxylic acid groups (broad SMARTS) is 1. The molecule has 0 atom stereocenters. The summed E-state index contributed by atoms with van der Waals surface area (Å²) in [5, 5.41) is 15.1. The largest absolute Gasteiger partial charge is 0.477 e. The maximum Gasteiger partial charge on any atom is 0.348 e. The fourth-order valence-electron chi connectivity index (χ4n) is 2.44. The van der Waals surface area contributed by atoms with E-state index in [2.05, 4.69) is 14.3 Å². The lowest BCUT2D eigenvalue weighted by Gasteiger charge is -2.05. The van der Waals surface area contributed by atoms with Crippen LogP contribution in [0, 0.1) is 0 Å². The zero-order valence-electron chi connectivity index (χ0n) is 13.9. The molecule has 0 fully saturated rings. The summed E-state index contributed by atoms with van der Waals surface area (Å²) in [7, 11) is -3.94. The Morgan fingerprint density at radius 3 is 2.50 bits per heavy atom. The predicted molar refractivity (Wildman–Crippen MR) is 111 cm³/mol. The summed E-state index contributed by atoms with van der Waals surface area (Å²) < 4.78 is 31.8. The van der Waals surface area contributed by atoms with Crippen LogP contribution in [-0.4, -0.2) is 29.1 Å². The number of benzene rings is 1. The van der Waals surface area contributed by atoms with Gasteiger partial charge in [0.2, 0.25) is 0 Å². The molecule has 0 saturated carbocycles. The molecule has 11 heteroatoms. The minimum absolute atomic E-state index is 0.0432. The number of rotatable bonds is 6. The Balaban J connectivity index is 1.68. The number of carboxylic acids is 1. The first-order chi connectivity index (χ1) is 13.4. The van der Waals surface area contributed by atoms with Crippen LogP contribution in [0.1, 0.15) is 9.67 Å². The van der Waals surface area contributed by atoms with Crippen LogP contribution >= 0.6 is 34.2 Å². The second-order valence-electron chi connectivity index (χ2n) is 5.54. The van der Waals surface area contributed by atoms with E-state index < -0.39 is 16.0 Å². The molecule has 142 valence electrons. The molecule has 0 aliphatic rings. The standard InChI is InChI=1S/C17H11N3O4S4/c21-17(22)16-11(8-14(27-16)10-4-2-1-3-5-10)19-28(23,24)15-7-6-13(26-15)12-9-25-20-18-12/h1-9,19H,(H,21,22). The molecule has 2 N–H and O–H groups in total. The van der Waals surface area contributed by atoms with Crippen molar-refractivity contribution in [2.45, 2.75) is 4.21 Å². The highest BCUT2D eigenvalue weighted by Crippen LogP contribution is 2.37. The molecule has 0 amide bonds. The highest BCUT2D eigenvalue weighted by Gasteiger charge is 2.24. The van der Waals surface area contributed by atoms with Gasteiger partial charge < -0.3 is 5.11 Å². The second-order valence-corrected chi connectivity index (χ2v) is 10.2. The minimum Gasteiger partial charge on any atom is -0.477 e. The van der Waals surface area contributed by atoms with Gasteiger partial charge in [-0.1, -0.05) is 34.8 Å². The van der Waals surface area contributed by atoms with Crippen molar-refractivity contribution >= 4 is 55.9 Å². The molecule has 0 saturated heterocycles. The maximum absolute atomic E-state index is 12.8. The van der Waals surface area contributed by atoms with E-state index in [0.717, 1.165) is 28.2 Å². The van der Waals surface area contributed by atoms with E-state index in [4.69, 9.17) is 0 Å². The topological polar surface area (TPSA) is 109 Å². The summed E-state index contributed by atoms with van der Waals surface area (Å²) in [5.41, 5.74) is 1.46. The first-order valence-corrected chi connectivity index (χ1v) is 11.7. The second kappa shape index (κ2) is 7.43. The van der Waals surface area contributed by atoms with Gasteiger partial charge in [-0.3, -0.25) is 4.72 Å². The van der Waals surface area contributed by atoms with Gasteiger partial charge in [-0.05, 0) is 35.3 Å². The third-order valence-electron chi connectivity index (χ3n) is 3.69. The average molecular weight is 450 g/mol. The van der Waals surface area contributed by atoms with Crippen molar-refractivity contribution < 1.29 is 18.3 Å². The Morgan fingerprint density at radius 2 is 1.82 bits per heavy atom. The fourth-order valence-corrected chi connectivity index (χ4v) is 6.32. The van der Waals surface area contributed by atoms with Gasteiger partial charge in [0.05, 0.1) is 10.6 Å². The van der Waals surface area contributed by atoms with Gasteiger partial charge in [-0.2, -0.15) is 0 Å². The fraction of sp³-hybridized carbons (Fsp3) is 0. The van der Waals surface area contributed by atoms with Gasteiger partial charge in [0.1, 0.15) is 14.8 Å². The molecule has 0 aliphatic heterocycles. The van der Waals surface area contributed by atoms with Crippen LogP contribution in [0.15, 0.2) is 58.1 Å². The van der Waals surface area contributed by atoms with Crippen molar-refractivity contribution in [1.82, 2.24) is 9.59 Å². The van der Waals surface area contributed by atoms with Gasteiger partial charge in [0, 0.05) is 10.3 Å². The predicted octanol–water partition coefficient (Wildman–Crippen LogP) is 4.49. The normalized spacial score (nSPS) is 11.4. The maximum atomic E-state index is 12.8. The number of nitrogens with zero attached hydrogens (tertiary/aromatic N) is 2. The van der Waals surface area contributed by atoms with Crippen LogP contribution in [0.25, 0.3) is 21.0 Å². The first-order valence-electron chi connectivity index (χ1n) is 7.77. The van der Waals surface area contributed by atoms with Crippen LogP contribution in [0.2, 0.25) is 0 Å². The molecule has 4 rings (SSSR count). The molecular formula is C17H11N3O4S4. The first kappa shape index (κ1) is 18.7. The van der Waals surface area contributed by atoms with Gasteiger partial charge in [0.25, 0.3) is 10.0 Å². The number of hydrogen-bond acceptors (Lipinski definition) is 8. The van der Waals surface area contributed by atoms with Crippen molar-refractivity contribution in [2.75, 3.05) is 4.72 Å². The number of aromatic carboxylic acids is 1. The van der Waals surface area contributed by atoms with Crippen molar-refractivity contribution in [3.63, 3.8) is 0 Å². The number of aromatic nitrogens is 2. The Morgan fingerprint density at radius 1 is 1.04 bits per heavy atom. The van der Waals surface area contributed by atoms with Crippen LogP contribution in [-0.2, 0) is 10.0 Å². The molecule has 4 aromatic rings. The number of sulfonamides is 1. The molecule has 1 aromatic carbocycles. The van der Waals surface area contributed by atoms with E-state index in [1.807, 2.05) is 30.3 Å². The molecule has 0 unspecified atom stereocenters. The van der Waals surface area contributed by atoms with Crippen molar-refractivity contribution in [1.29, 1.82) is 0 Å². The summed E-state index contributed by atoms with van der Waals surface area (Å²) >= 11 is 3.24. The zero-order chi connectivity index (χ0) is 19.7. The summed E-state index contributed by atoms with van der Waals surface area (Å²) in [4.78, 5) is 12.9. The van der Waals surface area contributed by atoms with Crippen LogP contribution in [0.3, 0.4) is 0 Å². The molecular weight excluding hydrogens is 438 g/mol. The summed E-state index contributed by atoms with van der Waals surface area (Å²) in [6, 6.07) is 13.8. The molecule has 28 heavy (non-hydrogen) atoms. The minimum atomic E-state index is -3.94. The molecule has 0 bridgehead atoms. The number of hydrogen-bond donors (Lipinski definition) is 2. The smallest absolute Gasteiger partial charge is 0.348 e. The number of carbonyl (C=O) groups is 1. The van der Waals surface area contributed by atoms with E-state index in [0.29, 0.717) is 15.4 Å². The molecule has 0 radical (unpaired) electrons. The van der Waals surface area contributed by atoms with E-state index in [-0.39, 0.29) is 14.8 Å². The molecule has 3 heterocycles.